The van der Waals surface area contributed by atoms with Gasteiger partial charge in [-0.1, -0.05) is 0 Å². The number of hydrogen-bond acceptors (Lipinski definition) is 4. The number of aryl methyl sites for hydroxylation is 1. The van der Waals surface area contributed by atoms with Crippen LogP contribution in [0.15, 0.2) is 24.8 Å². The normalized spacial score (nSPS) is 12.9. The van der Waals surface area contributed by atoms with E-state index in [2.05, 4.69) is 10.1 Å². The van der Waals surface area contributed by atoms with Crippen molar-refractivity contribution >= 4 is 0 Å². The van der Waals surface area contributed by atoms with Gasteiger partial charge in [0.25, 0.3) is 0 Å². The molecular weight excluding hydrogens is 206 g/mol. The van der Waals surface area contributed by atoms with Crippen molar-refractivity contribution in [2.24, 2.45) is 12.8 Å². The average Bonchev–Trinajstić information content (AvgIpc) is 2.87. The van der Waals surface area contributed by atoms with E-state index in [1.54, 1.807) is 17.2 Å². The van der Waals surface area contributed by atoms with E-state index >= 15 is 0 Å². The first-order valence-electron chi connectivity index (χ1n) is 5.05. The Bertz CT molecular complexity index is 461. The third kappa shape index (κ3) is 2.12. The highest BCUT2D eigenvalue weighted by Crippen LogP contribution is 2.10. The molecule has 2 aromatic rings. The summed E-state index contributed by atoms with van der Waals surface area (Å²) in [5.74, 6) is 0. The van der Waals surface area contributed by atoms with Gasteiger partial charge in [0.1, 0.15) is 0 Å². The van der Waals surface area contributed by atoms with Crippen molar-refractivity contribution in [1.29, 1.82) is 0 Å². The summed E-state index contributed by atoms with van der Waals surface area (Å²) in [6, 6.07) is 1.54. The molecule has 2 rings (SSSR count). The molecule has 0 aliphatic heterocycles. The summed E-state index contributed by atoms with van der Waals surface area (Å²) in [4.78, 5) is 4.03. The molecule has 0 aromatic carbocycles. The summed E-state index contributed by atoms with van der Waals surface area (Å²) in [5.41, 5.74) is 7.51. The largest absolute Gasteiger partial charge is 0.394 e. The molecule has 0 bridgehead atoms. The van der Waals surface area contributed by atoms with Crippen LogP contribution in [0, 0.1) is 0 Å². The van der Waals surface area contributed by atoms with Crippen molar-refractivity contribution in [3.8, 4) is 0 Å². The molecule has 0 radical (unpaired) electrons. The van der Waals surface area contributed by atoms with Gasteiger partial charge in [-0.2, -0.15) is 5.10 Å². The molecule has 2 aromatic heterocycles. The standard InChI is InChI=1S/C10H15N5O/c1-14-3-2-8(13-14)5-15-7-12-4-10(15)9(11)6-16/h2-4,7,9,16H,5-6,11H2,1H3. The van der Waals surface area contributed by atoms with E-state index in [4.69, 9.17) is 10.8 Å². The molecule has 6 nitrogen and oxygen atoms in total. The molecular formula is C10H15N5O. The number of nitrogens with zero attached hydrogens (tertiary/aromatic N) is 4. The lowest BCUT2D eigenvalue weighted by atomic mass is 10.2. The maximum Gasteiger partial charge on any atom is 0.0952 e. The summed E-state index contributed by atoms with van der Waals surface area (Å²) in [6.07, 6.45) is 5.25. The van der Waals surface area contributed by atoms with E-state index in [0.717, 1.165) is 11.4 Å². The van der Waals surface area contributed by atoms with Gasteiger partial charge >= 0.3 is 0 Å². The van der Waals surface area contributed by atoms with Crippen LogP contribution in [-0.4, -0.2) is 31.0 Å². The highest BCUT2D eigenvalue weighted by molar-refractivity contribution is 5.08. The van der Waals surface area contributed by atoms with Gasteiger partial charge in [0.05, 0.1) is 36.9 Å². The first-order chi connectivity index (χ1) is 7.70. The Kier molecular flexibility index (Phi) is 3.02. The number of aliphatic hydroxyl groups excluding tert-OH is 1. The molecule has 0 aliphatic carbocycles. The minimum atomic E-state index is -0.397. The second-order valence-electron chi connectivity index (χ2n) is 3.72. The lowest BCUT2D eigenvalue weighted by molar-refractivity contribution is 0.263. The Labute approximate surface area is 93.3 Å². The second-order valence-corrected chi connectivity index (χ2v) is 3.72. The number of nitrogens with two attached hydrogens (primary N) is 1. The molecule has 1 unspecified atom stereocenters. The van der Waals surface area contributed by atoms with E-state index < -0.39 is 6.04 Å². The van der Waals surface area contributed by atoms with Crippen LogP contribution >= 0.6 is 0 Å². The molecule has 86 valence electrons. The zero-order valence-electron chi connectivity index (χ0n) is 9.11. The lowest BCUT2D eigenvalue weighted by Gasteiger charge is -2.11. The predicted octanol–water partition coefficient (Wildman–Crippen LogP) is -0.343. The highest BCUT2D eigenvalue weighted by Gasteiger charge is 2.11. The first-order valence-corrected chi connectivity index (χ1v) is 5.05. The zero-order chi connectivity index (χ0) is 11.5. The Morgan fingerprint density at radius 1 is 1.56 bits per heavy atom. The van der Waals surface area contributed by atoms with Crippen LogP contribution in [0.5, 0.6) is 0 Å². The van der Waals surface area contributed by atoms with Crippen molar-refractivity contribution in [3.63, 3.8) is 0 Å². The monoisotopic (exact) mass is 221 g/mol. The number of aliphatic hydroxyl groups is 1. The number of aromatic nitrogens is 4. The smallest absolute Gasteiger partial charge is 0.0952 e. The van der Waals surface area contributed by atoms with Gasteiger partial charge in [-0.05, 0) is 6.07 Å². The average molecular weight is 221 g/mol. The quantitative estimate of drug-likeness (QED) is 0.739. The molecule has 0 saturated heterocycles. The topological polar surface area (TPSA) is 81.9 Å². The van der Waals surface area contributed by atoms with E-state index in [-0.39, 0.29) is 6.61 Å². The summed E-state index contributed by atoms with van der Waals surface area (Å²) >= 11 is 0. The van der Waals surface area contributed by atoms with Crippen molar-refractivity contribution < 1.29 is 5.11 Å². The Morgan fingerprint density at radius 3 is 3.00 bits per heavy atom. The van der Waals surface area contributed by atoms with Gasteiger partial charge < -0.3 is 15.4 Å². The molecule has 0 amide bonds. The molecule has 0 spiro atoms. The van der Waals surface area contributed by atoms with Gasteiger partial charge in [-0.3, -0.25) is 4.68 Å². The summed E-state index contributed by atoms with van der Waals surface area (Å²) < 4.78 is 3.64. The van der Waals surface area contributed by atoms with Crippen LogP contribution < -0.4 is 5.73 Å². The lowest BCUT2D eigenvalue weighted by Crippen LogP contribution is -2.19. The fourth-order valence-corrected chi connectivity index (χ4v) is 1.59. The molecule has 0 fully saturated rings. The van der Waals surface area contributed by atoms with Crippen LogP contribution in [0.25, 0.3) is 0 Å². The zero-order valence-corrected chi connectivity index (χ0v) is 9.11. The fraction of sp³-hybridized carbons (Fsp3) is 0.400. The molecule has 0 saturated carbocycles. The highest BCUT2D eigenvalue weighted by atomic mass is 16.3. The van der Waals surface area contributed by atoms with E-state index in [1.165, 1.54) is 0 Å². The third-order valence-corrected chi connectivity index (χ3v) is 2.42. The Hall–Kier alpha value is -1.66. The SMILES string of the molecule is Cn1ccc(Cn2cncc2C(N)CO)n1. The number of imidazole rings is 1. The number of rotatable bonds is 4. The van der Waals surface area contributed by atoms with E-state index in [0.29, 0.717) is 6.54 Å². The fourth-order valence-electron chi connectivity index (χ4n) is 1.59. The summed E-state index contributed by atoms with van der Waals surface area (Å²) in [6.45, 7) is 0.526. The van der Waals surface area contributed by atoms with E-state index in [1.807, 2.05) is 23.9 Å². The first kappa shape index (κ1) is 10.8. The van der Waals surface area contributed by atoms with Crippen molar-refractivity contribution in [3.05, 3.63) is 36.2 Å². The van der Waals surface area contributed by atoms with E-state index in [9.17, 15) is 0 Å². The second kappa shape index (κ2) is 4.46. The van der Waals surface area contributed by atoms with Gasteiger partial charge in [-0.15, -0.1) is 0 Å². The van der Waals surface area contributed by atoms with Crippen LogP contribution in [0.4, 0.5) is 0 Å². The third-order valence-electron chi connectivity index (χ3n) is 2.42. The molecule has 3 N–H and O–H groups in total. The molecule has 6 heteroatoms. The van der Waals surface area contributed by atoms with Gasteiger partial charge in [0, 0.05) is 19.4 Å². The Balaban J connectivity index is 2.18. The summed E-state index contributed by atoms with van der Waals surface area (Å²) in [7, 11) is 1.87. The van der Waals surface area contributed by atoms with Crippen LogP contribution in [0.1, 0.15) is 17.4 Å². The van der Waals surface area contributed by atoms with Gasteiger partial charge in [-0.25, -0.2) is 4.98 Å². The van der Waals surface area contributed by atoms with Crippen LogP contribution in [0.2, 0.25) is 0 Å². The van der Waals surface area contributed by atoms with Gasteiger partial charge in [0.15, 0.2) is 0 Å². The van der Waals surface area contributed by atoms with Crippen molar-refractivity contribution in [2.45, 2.75) is 12.6 Å². The van der Waals surface area contributed by atoms with Crippen molar-refractivity contribution in [1.82, 2.24) is 19.3 Å². The van der Waals surface area contributed by atoms with Crippen molar-refractivity contribution in [2.75, 3.05) is 6.61 Å². The molecule has 0 aliphatic rings. The minimum Gasteiger partial charge on any atom is -0.394 e. The molecule has 1 atom stereocenters. The maximum absolute atomic E-state index is 9.02. The van der Waals surface area contributed by atoms with Crippen LogP contribution in [-0.2, 0) is 13.6 Å². The molecule has 16 heavy (non-hydrogen) atoms. The summed E-state index contributed by atoms with van der Waals surface area (Å²) in [5, 5.41) is 13.3. The predicted molar refractivity (Wildman–Crippen MR) is 58.6 cm³/mol. The Morgan fingerprint density at radius 2 is 2.38 bits per heavy atom. The maximum atomic E-state index is 9.02. The number of hydrogen-bond donors (Lipinski definition) is 2. The van der Waals surface area contributed by atoms with Gasteiger partial charge in [0.2, 0.25) is 0 Å². The minimum absolute atomic E-state index is 0.0894. The molecule has 2 heterocycles. The van der Waals surface area contributed by atoms with Crippen LogP contribution in [0.3, 0.4) is 0 Å².